The first-order chi connectivity index (χ1) is 13.5. The van der Waals surface area contributed by atoms with Gasteiger partial charge in [-0.25, -0.2) is 9.37 Å². The van der Waals surface area contributed by atoms with Gasteiger partial charge in [0.1, 0.15) is 17.7 Å². The van der Waals surface area contributed by atoms with Gasteiger partial charge in [0.25, 0.3) is 0 Å². The molecule has 1 aromatic heterocycles. The second kappa shape index (κ2) is 7.26. The summed E-state index contributed by atoms with van der Waals surface area (Å²) in [6.07, 6.45) is 3.49. The second-order valence-corrected chi connectivity index (χ2v) is 6.78. The predicted octanol–water partition coefficient (Wildman–Crippen LogP) is 2.89. The lowest BCUT2D eigenvalue weighted by Crippen LogP contribution is -2.38. The van der Waals surface area contributed by atoms with Crippen molar-refractivity contribution >= 4 is 17.5 Å². The quantitative estimate of drug-likeness (QED) is 0.733. The predicted molar refractivity (Wildman–Crippen MR) is 102 cm³/mol. The lowest BCUT2D eigenvalue weighted by atomic mass is 9.89. The van der Waals surface area contributed by atoms with Crippen LogP contribution in [-0.4, -0.2) is 21.4 Å². The second-order valence-electron chi connectivity index (χ2n) is 6.78. The van der Waals surface area contributed by atoms with Crippen LogP contribution >= 0.6 is 0 Å². The van der Waals surface area contributed by atoms with E-state index in [1.165, 1.54) is 12.1 Å². The summed E-state index contributed by atoms with van der Waals surface area (Å²) in [7, 11) is 1.83. The number of halogens is 1. The van der Waals surface area contributed by atoms with Gasteiger partial charge >= 0.3 is 0 Å². The van der Waals surface area contributed by atoms with Crippen LogP contribution in [0, 0.1) is 5.82 Å². The number of anilines is 1. The van der Waals surface area contributed by atoms with E-state index in [2.05, 4.69) is 15.6 Å². The van der Waals surface area contributed by atoms with Crippen LogP contribution in [-0.2, 0) is 16.6 Å². The van der Waals surface area contributed by atoms with Gasteiger partial charge in [0, 0.05) is 31.5 Å². The molecule has 1 aliphatic rings. The summed E-state index contributed by atoms with van der Waals surface area (Å²) >= 11 is 0. The molecule has 0 radical (unpaired) electrons. The lowest BCUT2D eigenvalue weighted by molar-refractivity contribution is -0.126. The fourth-order valence-corrected chi connectivity index (χ4v) is 3.50. The molecule has 2 amide bonds. The Morgan fingerprint density at radius 2 is 2.00 bits per heavy atom. The summed E-state index contributed by atoms with van der Waals surface area (Å²) in [5.74, 6) is -0.818. The van der Waals surface area contributed by atoms with Crippen LogP contribution in [0.3, 0.4) is 0 Å². The maximum atomic E-state index is 13.4. The normalized spacial score (nSPS) is 16.8. The molecule has 0 spiro atoms. The number of hydrogen-bond acceptors (Lipinski definition) is 3. The molecule has 7 heteroatoms. The van der Waals surface area contributed by atoms with Gasteiger partial charge in [0.2, 0.25) is 11.8 Å². The summed E-state index contributed by atoms with van der Waals surface area (Å²) in [5, 5.41) is 5.80. The number of carbonyl (C=O) groups is 2. The van der Waals surface area contributed by atoms with E-state index in [0.717, 1.165) is 5.56 Å². The third kappa shape index (κ3) is 3.38. The van der Waals surface area contributed by atoms with Gasteiger partial charge in [0.05, 0.1) is 5.92 Å². The van der Waals surface area contributed by atoms with Crippen molar-refractivity contribution in [2.24, 2.45) is 7.05 Å². The number of hydrogen-bond donors (Lipinski definition) is 2. The van der Waals surface area contributed by atoms with Crippen LogP contribution in [0.1, 0.15) is 35.3 Å². The Morgan fingerprint density at radius 3 is 2.71 bits per heavy atom. The highest BCUT2D eigenvalue weighted by molar-refractivity contribution is 6.01. The lowest BCUT2D eigenvalue weighted by Gasteiger charge is -2.27. The first-order valence-corrected chi connectivity index (χ1v) is 8.95. The molecular weight excluding hydrogens is 359 g/mol. The zero-order valence-electron chi connectivity index (χ0n) is 15.2. The monoisotopic (exact) mass is 378 g/mol. The van der Waals surface area contributed by atoms with Crippen molar-refractivity contribution in [3.63, 3.8) is 0 Å². The van der Waals surface area contributed by atoms with Crippen molar-refractivity contribution in [3.05, 3.63) is 83.7 Å². The summed E-state index contributed by atoms with van der Waals surface area (Å²) in [4.78, 5) is 29.6. The summed E-state index contributed by atoms with van der Waals surface area (Å²) < 4.78 is 15.2. The van der Waals surface area contributed by atoms with Crippen molar-refractivity contribution in [1.29, 1.82) is 0 Å². The van der Waals surface area contributed by atoms with Crippen molar-refractivity contribution < 1.29 is 14.0 Å². The number of nitrogens with one attached hydrogen (secondary N) is 2. The smallest absolute Gasteiger partial charge is 0.229 e. The van der Waals surface area contributed by atoms with Crippen molar-refractivity contribution in [2.75, 3.05) is 5.32 Å². The number of para-hydroxylation sites is 1. The number of aromatic nitrogens is 2. The Kier molecular flexibility index (Phi) is 4.65. The molecule has 1 aliphatic heterocycles. The van der Waals surface area contributed by atoms with E-state index >= 15 is 0 Å². The number of aryl methyl sites for hydroxylation is 1. The van der Waals surface area contributed by atoms with E-state index < -0.39 is 12.0 Å². The maximum Gasteiger partial charge on any atom is 0.229 e. The largest absolute Gasteiger partial charge is 0.342 e. The molecule has 0 bridgehead atoms. The molecule has 28 heavy (non-hydrogen) atoms. The van der Waals surface area contributed by atoms with E-state index in [0.29, 0.717) is 17.1 Å². The van der Waals surface area contributed by atoms with E-state index in [-0.39, 0.29) is 24.1 Å². The van der Waals surface area contributed by atoms with Crippen LogP contribution in [0.5, 0.6) is 0 Å². The fourth-order valence-electron chi connectivity index (χ4n) is 3.50. The molecule has 142 valence electrons. The van der Waals surface area contributed by atoms with E-state index in [1.54, 1.807) is 35.2 Å². The number of benzene rings is 2. The van der Waals surface area contributed by atoms with Crippen LogP contribution < -0.4 is 10.6 Å². The molecule has 3 aromatic rings. The minimum absolute atomic E-state index is 0.0690. The van der Waals surface area contributed by atoms with Gasteiger partial charge in [-0.05, 0) is 29.3 Å². The molecule has 2 N–H and O–H groups in total. The Bertz CT molecular complexity index is 1030. The fraction of sp³-hybridized carbons (Fsp3) is 0.190. The number of amides is 2. The molecule has 2 unspecified atom stereocenters. The summed E-state index contributed by atoms with van der Waals surface area (Å²) in [6, 6.07) is 12.6. The highest BCUT2D eigenvalue weighted by Gasteiger charge is 2.32. The molecule has 2 atom stereocenters. The SMILES string of the molecule is Cn1ccnc1C(NC(=O)C1CC(=O)Nc2ccccc21)c1ccc(F)cc1. The minimum atomic E-state index is -0.604. The van der Waals surface area contributed by atoms with Gasteiger partial charge in [-0.1, -0.05) is 30.3 Å². The Hall–Kier alpha value is -3.48. The van der Waals surface area contributed by atoms with E-state index in [9.17, 15) is 14.0 Å². The van der Waals surface area contributed by atoms with Crippen LogP contribution in [0.25, 0.3) is 0 Å². The minimum Gasteiger partial charge on any atom is -0.342 e. The molecule has 0 saturated carbocycles. The average Bonchev–Trinajstić information content (AvgIpc) is 3.11. The first kappa shape index (κ1) is 17.9. The van der Waals surface area contributed by atoms with Crippen LogP contribution in [0.15, 0.2) is 60.9 Å². The number of imidazole rings is 1. The topological polar surface area (TPSA) is 76.0 Å². The van der Waals surface area contributed by atoms with Gasteiger partial charge in [-0.15, -0.1) is 0 Å². The Balaban J connectivity index is 1.68. The van der Waals surface area contributed by atoms with Crippen LogP contribution in [0.2, 0.25) is 0 Å². The number of fused-ring (bicyclic) bond motifs is 1. The number of nitrogens with zero attached hydrogens (tertiary/aromatic N) is 2. The van der Waals surface area contributed by atoms with E-state index in [4.69, 9.17) is 0 Å². The molecule has 0 fully saturated rings. The Labute approximate surface area is 161 Å². The number of rotatable bonds is 4. The molecule has 2 aromatic carbocycles. The van der Waals surface area contributed by atoms with Crippen molar-refractivity contribution in [1.82, 2.24) is 14.9 Å². The summed E-state index contributed by atoms with van der Waals surface area (Å²) in [5.41, 5.74) is 2.13. The summed E-state index contributed by atoms with van der Waals surface area (Å²) in [6.45, 7) is 0. The molecule has 4 rings (SSSR count). The van der Waals surface area contributed by atoms with Crippen molar-refractivity contribution in [2.45, 2.75) is 18.4 Å². The molecule has 2 heterocycles. The highest BCUT2D eigenvalue weighted by Crippen LogP contribution is 2.33. The molecular formula is C21H19FN4O2. The molecule has 0 aliphatic carbocycles. The third-order valence-corrected chi connectivity index (χ3v) is 4.92. The standard InChI is InChI=1S/C21H19FN4O2/c1-26-11-10-23-20(26)19(13-6-8-14(22)9-7-13)25-21(28)16-12-18(27)24-17-5-3-2-4-15(16)17/h2-11,16,19H,12H2,1H3,(H,24,27)(H,25,28). The number of carbonyl (C=O) groups excluding carboxylic acids is 2. The van der Waals surface area contributed by atoms with Gasteiger partial charge in [-0.3, -0.25) is 9.59 Å². The van der Waals surface area contributed by atoms with Crippen molar-refractivity contribution in [3.8, 4) is 0 Å². The van der Waals surface area contributed by atoms with Gasteiger partial charge < -0.3 is 15.2 Å². The zero-order chi connectivity index (χ0) is 19.7. The van der Waals surface area contributed by atoms with Gasteiger partial charge in [-0.2, -0.15) is 0 Å². The first-order valence-electron chi connectivity index (χ1n) is 8.95. The van der Waals surface area contributed by atoms with Gasteiger partial charge in [0.15, 0.2) is 0 Å². The average molecular weight is 378 g/mol. The van der Waals surface area contributed by atoms with Crippen LogP contribution in [0.4, 0.5) is 10.1 Å². The molecule has 0 saturated heterocycles. The zero-order valence-corrected chi connectivity index (χ0v) is 15.2. The molecule has 6 nitrogen and oxygen atoms in total. The maximum absolute atomic E-state index is 13.4. The highest BCUT2D eigenvalue weighted by atomic mass is 19.1. The van der Waals surface area contributed by atoms with E-state index in [1.807, 2.05) is 25.2 Å². The third-order valence-electron chi connectivity index (χ3n) is 4.92. The Morgan fingerprint density at radius 1 is 1.25 bits per heavy atom.